The lowest BCUT2D eigenvalue weighted by molar-refractivity contribution is -0.161. The number of hydrogen-bond donors (Lipinski definition) is 3. The molecule has 0 bridgehead atoms. The lowest BCUT2D eigenvalue weighted by Gasteiger charge is -2.21. The fourth-order valence-corrected chi connectivity index (χ4v) is 12.5. The molecule has 540 valence electrons. The van der Waals surface area contributed by atoms with Crippen molar-refractivity contribution in [2.24, 2.45) is 11.8 Å². The summed E-state index contributed by atoms with van der Waals surface area (Å²) in [5.74, 6) is -0.559. The van der Waals surface area contributed by atoms with Gasteiger partial charge in [-0.1, -0.05) is 318 Å². The fourth-order valence-electron chi connectivity index (χ4n) is 10.9. The Balaban J connectivity index is 5.25. The molecule has 6 atom stereocenters. The predicted octanol–water partition coefficient (Wildman–Crippen LogP) is 20.8. The van der Waals surface area contributed by atoms with Gasteiger partial charge in [0.15, 0.2) is 12.2 Å². The number of aliphatic hydroxyl groups is 1. The summed E-state index contributed by atoms with van der Waals surface area (Å²) in [6.45, 7) is 9.57. The molecular formula is C72H140O17P2. The normalized spacial score (nSPS) is 14.4. The smallest absolute Gasteiger partial charge is 0.462 e. The number of phosphoric ester groups is 2. The number of rotatable bonds is 71. The number of hydrogen-bond acceptors (Lipinski definition) is 15. The van der Waals surface area contributed by atoms with Gasteiger partial charge in [0, 0.05) is 25.7 Å². The second kappa shape index (κ2) is 64.1. The molecule has 0 aromatic heterocycles. The first-order valence-corrected chi connectivity index (χ1v) is 40.5. The summed E-state index contributed by atoms with van der Waals surface area (Å²) in [5, 5.41) is 10.6. The third kappa shape index (κ3) is 65.1. The van der Waals surface area contributed by atoms with Gasteiger partial charge in [-0.05, 0) is 37.5 Å². The zero-order chi connectivity index (χ0) is 67.2. The van der Waals surface area contributed by atoms with E-state index in [2.05, 4.69) is 41.5 Å². The van der Waals surface area contributed by atoms with Crippen molar-refractivity contribution in [2.45, 2.75) is 387 Å². The van der Waals surface area contributed by atoms with Gasteiger partial charge in [-0.3, -0.25) is 37.3 Å². The van der Waals surface area contributed by atoms with Crippen molar-refractivity contribution in [2.75, 3.05) is 39.6 Å². The van der Waals surface area contributed by atoms with Gasteiger partial charge in [0.25, 0.3) is 0 Å². The number of unbranched alkanes of at least 4 members (excludes halogenated alkanes) is 40. The lowest BCUT2D eigenvalue weighted by atomic mass is 9.99. The maximum absolute atomic E-state index is 13.0. The van der Waals surface area contributed by atoms with E-state index in [4.69, 9.17) is 37.0 Å². The number of esters is 4. The summed E-state index contributed by atoms with van der Waals surface area (Å²) < 4.78 is 68.4. The predicted molar refractivity (Wildman–Crippen MR) is 368 cm³/mol. The molecule has 3 N–H and O–H groups in total. The van der Waals surface area contributed by atoms with E-state index in [1.54, 1.807) is 0 Å². The Kier molecular flexibility index (Phi) is 62.7. The number of carbonyl (C=O) groups is 4. The summed E-state index contributed by atoms with van der Waals surface area (Å²) in [6, 6.07) is 0. The zero-order valence-corrected chi connectivity index (χ0v) is 60.9. The molecule has 0 aromatic rings. The van der Waals surface area contributed by atoms with E-state index in [1.165, 1.54) is 186 Å². The molecular weight excluding hydrogens is 1200 g/mol. The standard InChI is InChI=1S/C72H140O17P2/c1-7-10-12-14-16-18-19-20-21-22-23-32-38-44-50-56-71(76)88-68(61-83-70(75)55-49-43-37-31-27-25-30-35-41-47-53-65(6)9-3)63-87-91(80,81)85-59-66(73)58-84-90(78,79)86-62-67(60-82-69(74)54-48-42-36-28-17-15-13-11-8-2)89-72(77)57-51-45-39-33-26-24-29-34-40-46-52-64(4)5/h64-68,73H,7-63H2,1-6H3,(H,78,79)(H,80,81)/t65?,66-,67+,68+/m0/s1. The number of carbonyl (C=O) groups excluding carboxylic acids is 4. The molecule has 0 aliphatic rings. The van der Waals surface area contributed by atoms with Crippen molar-refractivity contribution >= 4 is 39.5 Å². The summed E-state index contributed by atoms with van der Waals surface area (Å²) in [6.07, 6.45) is 49.8. The molecule has 0 radical (unpaired) electrons. The molecule has 0 heterocycles. The molecule has 3 unspecified atom stereocenters. The van der Waals surface area contributed by atoms with Crippen molar-refractivity contribution in [3.05, 3.63) is 0 Å². The highest BCUT2D eigenvalue weighted by atomic mass is 31.2. The van der Waals surface area contributed by atoms with Gasteiger partial charge in [-0.2, -0.15) is 0 Å². The maximum atomic E-state index is 13.0. The minimum Gasteiger partial charge on any atom is -0.462 e. The monoisotopic (exact) mass is 1340 g/mol. The van der Waals surface area contributed by atoms with Gasteiger partial charge in [0.2, 0.25) is 0 Å². The molecule has 0 rings (SSSR count). The van der Waals surface area contributed by atoms with Crippen LogP contribution in [0.3, 0.4) is 0 Å². The molecule has 0 saturated carbocycles. The highest BCUT2D eigenvalue weighted by Crippen LogP contribution is 2.45. The molecule has 0 spiro atoms. The number of ether oxygens (including phenoxy) is 4. The molecule has 19 heteroatoms. The molecule has 91 heavy (non-hydrogen) atoms. The molecule has 0 aromatic carbocycles. The van der Waals surface area contributed by atoms with Crippen LogP contribution in [-0.2, 0) is 65.4 Å². The molecule has 0 fully saturated rings. The van der Waals surface area contributed by atoms with Crippen LogP contribution >= 0.6 is 15.6 Å². The van der Waals surface area contributed by atoms with Crippen LogP contribution in [0.25, 0.3) is 0 Å². The topological polar surface area (TPSA) is 237 Å². The van der Waals surface area contributed by atoms with Crippen LogP contribution in [0.4, 0.5) is 0 Å². The van der Waals surface area contributed by atoms with Crippen LogP contribution in [0.15, 0.2) is 0 Å². The van der Waals surface area contributed by atoms with Crippen LogP contribution in [0.2, 0.25) is 0 Å². The second-order valence-electron chi connectivity index (χ2n) is 26.7. The molecule has 0 amide bonds. The lowest BCUT2D eigenvalue weighted by Crippen LogP contribution is -2.30. The summed E-state index contributed by atoms with van der Waals surface area (Å²) in [4.78, 5) is 72.6. The van der Waals surface area contributed by atoms with Crippen molar-refractivity contribution < 1.29 is 80.2 Å². The van der Waals surface area contributed by atoms with Crippen LogP contribution in [-0.4, -0.2) is 96.7 Å². The van der Waals surface area contributed by atoms with E-state index in [0.717, 1.165) is 102 Å². The zero-order valence-electron chi connectivity index (χ0n) is 59.1. The van der Waals surface area contributed by atoms with Gasteiger partial charge >= 0.3 is 39.5 Å². The Morgan fingerprint density at radius 1 is 0.319 bits per heavy atom. The van der Waals surface area contributed by atoms with E-state index in [1.807, 2.05) is 0 Å². The van der Waals surface area contributed by atoms with Crippen LogP contribution in [0.5, 0.6) is 0 Å². The van der Waals surface area contributed by atoms with E-state index in [-0.39, 0.29) is 25.7 Å². The molecule has 0 aliphatic carbocycles. The molecule has 17 nitrogen and oxygen atoms in total. The first kappa shape index (κ1) is 89.1. The van der Waals surface area contributed by atoms with Crippen molar-refractivity contribution in [1.82, 2.24) is 0 Å². The Morgan fingerprint density at radius 3 is 0.835 bits per heavy atom. The van der Waals surface area contributed by atoms with Crippen molar-refractivity contribution in [1.29, 1.82) is 0 Å². The Hall–Kier alpha value is -1.94. The van der Waals surface area contributed by atoms with Gasteiger partial charge in [0.1, 0.15) is 19.3 Å². The first-order valence-electron chi connectivity index (χ1n) is 37.5. The second-order valence-corrected chi connectivity index (χ2v) is 29.6. The summed E-state index contributed by atoms with van der Waals surface area (Å²) in [7, 11) is -9.90. The quantitative estimate of drug-likeness (QED) is 0.0222. The van der Waals surface area contributed by atoms with Gasteiger partial charge in [0.05, 0.1) is 26.4 Å². The molecule has 0 saturated heterocycles. The third-order valence-electron chi connectivity index (χ3n) is 17.1. The maximum Gasteiger partial charge on any atom is 0.472 e. The van der Waals surface area contributed by atoms with E-state index < -0.39 is 97.5 Å². The van der Waals surface area contributed by atoms with Crippen molar-refractivity contribution in [3.63, 3.8) is 0 Å². The Bertz CT molecular complexity index is 1770. The Morgan fingerprint density at radius 2 is 0.560 bits per heavy atom. The van der Waals surface area contributed by atoms with Crippen LogP contribution < -0.4 is 0 Å². The largest absolute Gasteiger partial charge is 0.472 e. The van der Waals surface area contributed by atoms with Gasteiger partial charge < -0.3 is 33.8 Å². The van der Waals surface area contributed by atoms with Crippen LogP contribution in [0.1, 0.15) is 369 Å². The van der Waals surface area contributed by atoms with Crippen molar-refractivity contribution in [3.8, 4) is 0 Å². The minimum absolute atomic E-state index is 0.106. The third-order valence-corrected chi connectivity index (χ3v) is 19.0. The number of aliphatic hydroxyl groups excluding tert-OH is 1. The van der Waals surface area contributed by atoms with E-state index >= 15 is 0 Å². The van der Waals surface area contributed by atoms with E-state index in [9.17, 15) is 43.2 Å². The number of phosphoric acid groups is 2. The minimum atomic E-state index is -4.95. The summed E-state index contributed by atoms with van der Waals surface area (Å²) in [5.41, 5.74) is 0. The highest BCUT2D eigenvalue weighted by molar-refractivity contribution is 7.47. The fraction of sp³-hybridized carbons (Fsp3) is 0.944. The summed E-state index contributed by atoms with van der Waals surface area (Å²) >= 11 is 0. The SMILES string of the molecule is CCCCCCCCCCCCCCCCCC(=O)O[C@H](COC(=O)CCCCCCCCCCCCC(C)CC)COP(=O)(O)OC[C@@H](O)COP(=O)(O)OC[C@@H](COC(=O)CCCCCCCCCCC)OC(=O)CCCCCCCCCCCCC(C)C. The van der Waals surface area contributed by atoms with Gasteiger partial charge in [-0.15, -0.1) is 0 Å². The van der Waals surface area contributed by atoms with E-state index in [0.29, 0.717) is 25.7 Å². The Labute approximate surface area is 556 Å². The van der Waals surface area contributed by atoms with Crippen LogP contribution in [0, 0.1) is 11.8 Å². The average Bonchev–Trinajstić information content (AvgIpc) is 3.69. The van der Waals surface area contributed by atoms with Gasteiger partial charge in [-0.25, -0.2) is 9.13 Å². The first-order chi connectivity index (χ1) is 43.9. The average molecular weight is 1340 g/mol. The molecule has 0 aliphatic heterocycles. The highest BCUT2D eigenvalue weighted by Gasteiger charge is 2.30.